The number of halogens is 1. The molecule has 110 valence electrons. The molecule has 1 fully saturated rings. The minimum atomic E-state index is -0.247. The molecule has 2 N–H and O–H groups in total. The lowest BCUT2D eigenvalue weighted by Crippen LogP contribution is -2.32. The summed E-state index contributed by atoms with van der Waals surface area (Å²) < 4.78 is 1.46. The number of carbonyl (C=O) groups is 1. The topological polar surface area (TPSA) is 92.9 Å². The summed E-state index contributed by atoms with van der Waals surface area (Å²) in [4.78, 5) is 12.1. The number of amides is 1. The molecule has 0 saturated heterocycles. The maximum Gasteiger partial charge on any atom is 0.252 e. The van der Waals surface area contributed by atoms with Crippen LogP contribution in [0.15, 0.2) is 24.5 Å². The lowest BCUT2D eigenvalue weighted by Gasteiger charge is -2.13. The number of carbonyl (C=O) groups excluding carboxylic acids is 1. The molecule has 0 atom stereocenters. The van der Waals surface area contributed by atoms with E-state index in [9.17, 15) is 9.90 Å². The van der Waals surface area contributed by atoms with E-state index in [1.807, 2.05) is 0 Å². The lowest BCUT2D eigenvalue weighted by molar-refractivity contribution is 0.0935. The summed E-state index contributed by atoms with van der Waals surface area (Å²) in [7, 11) is 0. The van der Waals surface area contributed by atoms with E-state index in [2.05, 4.69) is 20.8 Å². The van der Waals surface area contributed by atoms with Gasteiger partial charge in [-0.3, -0.25) is 4.79 Å². The van der Waals surface area contributed by atoms with Crippen LogP contribution in [-0.4, -0.2) is 44.4 Å². The van der Waals surface area contributed by atoms with E-state index in [1.165, 1.54) is 11.0 Å². The van der Waals surface area contributed by atoms with Crippen LogP contribution in [0.1, 0.15) is 23.2 Å². The van der Waals surface area contributed by atoms with Crippen LogP contribution in [0.2, 0.25) is 5.02 Å². The molecule has 1 heterocycles. The Hall–Kier alpha value is -1.99. The highest BCUT2D eigenvalue weighted by Gasteiger charge is 2.42. The van der Waals surface area contributed by atoms with Gasteiger partial charge in [-0.2, -0.15) is 0 Å². The fraction of sp³-hybridized carbons (Fsp3) is 0.385. The third-order valence-corrected chi connectivity index (χ3v) is 4.04. The Morgan fingerprint density at radius 3 is 2.86 bits per heavy atom. The van der Waals surface area contributed by atoms with Crippen molar-refractivity contribution in [3.8, 4) is 5.69 Å². The van der Waals surface area contributed by atoms with E-state index >= 15 is 0 Å². The van der Waals surface area contributed by atoms with E-state index in [0.717, 1.165) is 12.8 Å². The number of rotatable bonds is 5. The van der Waals surface area contributed by atoms with Gasteiger partial charge in [0.25, 0.3) is 5.91 Å². The van der Waals surface area contributed by atoms with Gasteiger partial charge < -0.3 is 10.4 Å². The molecule has 0 unspecified atom stereocenters. The first kappa shape index (κ1) is 14.0. The summed E-state index contributed by atoms with van der Waals surface area (Å²) >= 11 is 6.15. The molecule has 1 aliphatic carbocycles. The third-order valence-electron chi connectivity index (χ3n) is 3.73. The van der Waals surface area contributed by atoms with E-state index < -0.39 is 0 Å². The Labute approximate surface area is 125 Å². The van der Waals surface area contributed by atoms with Crippen molar-refractivity contribution in [2.24, 2.45) is 5.41 Å². The third kappa shape index (κ3) is 2.88. The molecule has 0 spiro atoms. The molecule has 1 aliphatic rings. The average Bonchev–Trinajstić information content (AvgIpc) is 3.07. The van der Waals surface area contributed by atoms with Gasteiger partial charge in [0, 0.05) is 12.0 Å². The van der Waals surface area contributed by atoms with Gasteiger partial charge >= 0.3 is 0 Å². The number of nitrogens with one attached hydrogen (secondary N) is 1. The van der Waals surface area contributed by atoms with Crippen LogP contribution >= 0.6 is 11.6 Å². The number of aliphatic hydroxyl groups excluding tert-OH is 1. The predicted molar refractivity (Wildman–Crippen MR) is 75.3 cm³/mol. The fourth-order valence-corrected chi connectivity index (χ4v) is 2.30. The van der Waals surface area contributed by atoms with Crippen molar-refractivity contribution in [3.63, 3.8) is 0 Å². The van der Waals surface area contributed by atoms with Crippen LogP contribution < -0.4 is 5.32 Å². The van der Waals surface area contributed by atoms with Gasteiger partial charge in [0.15, 0.2) is 0 Å². The van der Waals surface area contributed by atoms with Crippen molar-refractivity contribution in [2.75, 3.05) is 13.2 Å². The van der Waals surface area contributed by atoms with E-state index in [1.54, 1.807) is 18.2 Å². The van der Waals surface area contributed by atoms with Gasteiger partial charge in [-0.25, -0.2) is 4.68 Å². The summed E-state index contributed by atoms with van der Waals surface area (Å²) in [5.74, 6) is -0.247. The second kappa shape index (κ2) is 5.42. The normalized spacial score (nSPS) is 15.7. The van der Waals surface area contributed by atoms with Crippen molar-refractivity contribution >= 4 is 17.5 Å². The van der Waals surface area contributed by atoms with Gasteiger partial charge in [-0.1, -0.05) is 11.6 Å². The van der Waals surface area contributed by atoms with Gasteiger partial charge in [-0.05, 0) is 41.5 Å². The molecule has 21 heavy (non-hydrogen) atoms. The minimum Gasteiger partial charge on any atom is -0.396 e. The standard InChI is InChI=1S/C13H14ClN5O2/c14-11-5-9(19-8-16-17-18-19)1-2-10(11)12(21)15-6-13(7-20)3-4-13/h1-2,5,8,20H,3-4,6-7H2,(H,15,21). The van der Waals surface area contributed by atoms with Gasteiger partial charge in [-0.15, -0.1) is 5.10 Å². The zero-order valence-corrected chi connectivity index (χ0v) is 11.9. The maximum atomic E-state index is 12.1. The lowest BCUT2D eigenvalue weighted by atomic mass is 10.1. The quantitative estimate of drug-likeness (QED) is 0.853. The van der Waals surface area contributed by atoms with E-state index in [4.69, 9.17) is 11.6 Å². The van der Waals surface area contributed by atoms with Crippen molar-refractivity contribution in [2.45, 2.75) is 12.8 Å². The van der Waals surface area contributed by atoms with Gasteiger partial charge in [0.05, 0.1) is 22.9 Å². The summed E-state index contributed by atoms with van der Waals surface area (Å²) in [6, 6.07) is 4.98. The number of nitrogens with zero attached hydrogens (tertiary/aromatic N) is 4. The average molecular weight is 308 g/mol. The largest absolute Gasteiger partial charge is 0.396 e. The molecule has 3 rings (SSSR count). The Morgan fingerprint density at radius 1 is 1.48 bits per heavy atom. The first-order chi connectivity index (χ1) is 10.1. The molecule has 1 aromatic heterocycles. The summed E-state index contributed by atoms with van der Waals surface area (Å²) in [6.45, 7) is 0.562. The molecule has 1 amide bonds. The second-order valence-corrected chi connectivity index (χ2v) is 5.67. The van der Waals surface area contributed by atoms with Crippen molar-refractivity contribution in [1.82, 2.24) is 25.5 Å². The van der Waals surface area contributed by atoms with Crippen LogP contribution in [-0.2, 0) is 0 Å². The molecule has 7 nitrogen and oxygen atoms in total. The van der Waals surface area contributed by atoms with Crippen LogP contribution in [0.5, 0.6) is 0 Å². The summed E-state index contributed by atoms with van der Waals surface area (Å²) in [5, 5.41) is 23.2. The zero-order valence-electron chi connectivity index (χ0n) is 11.2. The minimum absolute atomic E-state index is 0.0965. The SMILES string of the molecule is O=C(NCC1(CO)CC1)c1ccc(-n2cnnn2)cc1Cl. The molecular formula is C13H14ClN5O2. The number of hydrogen-bond donors (Lipinski definition) is 2. The molecule has 0 aliphatic heterocycles. The Bertz CT molecular complexity index is 655. The Morgan fingerprint density at radius 2 is 2.29 bits per heavy atom. The van der Waals surface area contributed by atoms with Crippen LogP contribution in [0, 0.1) is 5.41 Å². The Kier molecular flexibility index (Phi) is 3.60. The molecule has 1 saturated carbocycles. The highest BCUT2D eigenvalue weighted by molar-refractivity contribution is 6.34. The predicted octanol–water partition coefficient (Wildman–Crippen LogP) is 0.818. The van der Waals surface area contributed by atoms with Gasteiger partial charge in [0.1, 0.15) is 6.33 Å². The fourth-order valence-electron chi connectivity index (χ4n) is 2.04. The summed E-state index contributed by atoms with van der Waals surface area (Å²) in [6.07, 6.45) is 3.33. The van der Waals surface area contributed by atoms with Crippen molar-refractivity contribution < 1.29 is 9.90 Å². The number of aromatic nitrogens is 4. The monoisotopic (exact) mass is 307 g/mol. The van der Waals surface area contributed by atoms with Crippen molar-refractivity contribution in [1.29, 1.82) is 0 Å². The molecule has 0 radical (unpaired) electrons. The molecule has 2 aromatic rings. The first-order valence-corrected chi connectivity index (χ1v) is 6.93. The smallest absolute Gasteiger partial charge is 0.252 e. The maximum absolute atomic E-state index is 12.1. The zero-order chi connectivity index (χ0) is 14.9. The molecular weight excluding hydrogens is 294 g/mol. The van der Waals surface area contributed by atoms with Crippen molar-refractivity contribution in [3.05, 3.63) is 35.1 Å². The van der Waals surface area contributed by atoms with Crippen LogP contribution in [0.25, 0.3) is 5.69 Å². The van der Waals surface area contributed by atoms with Crippen LogP contribution in [0.4, 0.5) is 0 Å². The van der Waals surface area contributed by atoms with Gasteiger partial charge in [0.2, 0.25) is 0 Å². The molecule has 1 aromatic carbocycles. The Balaban J connectivity index is 1.72. The van der Waals surface area contributed by atoms with E-state index in [-0.39, 0.29) is 17.9 Å². The first-order valence-electron chi connectivity index (χ1n) is 6.56. The van der Waals surface area contributed by atoms with Crippen LogP contribution in [0.3, 0.4) is 0 Å². The van der Waals surface area contributed by atoms with E-state index in [0.29, 0.717) is 22.8 Å². The molecule has 8 heteroatoms. The second-order valence-electron chi connectivity index (χ2n) is 5.26. The highest BCUT2D eigenvalue weighted by atomic mass is 35.5. The molecule has 0 bridgehead atoms. The summed E-state index contributed by atoms with van der Waals surface area (Å²) in [5.41, 5.74) is 0.937. The number of benzene rings is 1. The highest BCUT2D eigenvalue weighted by Crippen LogP contribution is 2.44. The number of aliphatic hydroxyl groups is 1. The number of hydrogen-bond acceptors (Lipinski definition) is 5. The number of tetrazole rings is 1.